The van der Waals surface area contributed by atoms with Crippen LogP contribution in [0.3, 0.4) is 0 Å². The van der Waals surface area contributed by atoms with E-state index in [4.69, 9.17) is 4.74 Å². The van der Waals surface area contributed by atoms with Crippen LogP contribution in [0.25, 0.3) is 0 Å². The number of rotatable bonds is 8. The monoisotopic (exact) mass is 285 g/mol. The van der Waals surface area contributed by atoms with Gasteiger partial charge in [0.1, 0.15) is 5.54 Å². The Hall–Kier alpha value is -0.650. The molecule has 20 heavy (non-hydrogen) atoms. The summed E-state index contributed by atoms with van der Waals surface area (Å²) in [5.74, 6) is -0.137. The lowest BCUT2D eigenvalue weighted by atomic mass is 10.0. The quantitative estimate of drug-likeness (QED) is 0.673. The van der Waals surface area contributed by atoms with Gasteiger partial charge in [-0.1, -0.05) is 6.92 Å². The Balaban J connectivity index is 2.63. The van der Waals surface area contributed by atoms with Crippen LogP contribution in [0.1, 0.15) is 33.6 Å². The van der Waals surface area contributed by atoms with Crippen molar-refractivity contribution in [3.63, 3.8) is 0 Å². The summed E-state index contributed by atoms with van der Waals surface area (Å²) in [7, 11) is 4.24. The smallest absolute Gasteiger partial charge is 0.327 e. The number of esters is 1. The van der Waals surface area contributed by atoms with Crippen molar-refractivity contribution < 1.29 is 9.53 Å². The Kier molecular flexibility index (Phi) is 6.92. The SMILES string of the molecule is CCCNC(C)(CN1CCC(N(C)C)C1)C(=O)OCC. The molecule has 0 bridgehead atoms. The molecule has 0 aliphatic carbocycles. The number of nitrogens with one attached hydrogen (secondary N) is 1. The molecule has 1 saturated heterocycles. The van der Waals surface area contributed by atoms with Gasteiger partial charge in [0, 0.05) is 19.1 Å². The summed E-state index contributed by atoms with van der Waals surface area (Å²) in [5.41, 5.74) is -0.604. The molecule has 1 heterocycles. The number of carbonyl (C=O) groups excluding carboxylic acids is 1. The summed E-state index contributed by atoms with van der Waals surface area (Å²) < 4.78 is 5.25. The van der Waals surface area contributed by atoms with E-state index in [1.54, 1.807) is 0 Å². The minimum absolute atomic E-state index is 0.137. The van der Waals surface area contributed by atoms with E-state index in [0.717, 1.165) is 32.6 Å². The van der Waals surface area contributed by atoms with E-state index >= 15 is 0 Å². The molecule has 1 fully saturated rings. The summed E-state index contributed by atoms with van der Waals surface area (Å²) in [6, 6.07) is 0.590. The van der Waals surface area contributed by atoms with Crippen LogP contribution in [0.5, 0.6) is 0 Å². The summed E-state index contributed by atoms with van der Waals surface area (Å²) in [6.07, 6.45) is 2.18. The molecule has 5 heteroatoms. The van der Waals surface area contributed by atoms with E-state index in [9.17, 15) is 4.79 Å². The molecule has 1 N–H and O–H groups in total. The molecule has 0 aromatic rings. The van der Waals surface area contributed by atoms with Gasteiger partial charge in [-0.05, 0) is 53.9 Å². The molecule has 2 unspecified atom stereocenters. The Morgan fingerprint density at radius 3 is 2.65 bits per heavy atom. The third-order valence-electron chi connectivity index (χ3n) is 4.01. The van der Waals surface area contributed by atoms with Gasteiger partial charge < -0.3 is 15.0 Å². The number of ether oxygens (including phenoxy) is 1. The normalized spacial score (nSPS) is 23.0. The second kappa shape index (κ2) is 7.96. The number of carbonyl (C=O) groups is 1. The fourth-order valence-corrected chi connectivity index (χ4v) is 2.71. The summed E-state index contributed by atoms with van der Waals surface area (Å²) in [5, 5.41) is 3.37. The second-order valence-electron chi connectivity index (χ2n) is 6.12. The van der Waals surface area contributed by atoms with Gasteiger partial charge in [0.05, 0.1) is 6.61 Å². The van der Waals surface area contributed by atoms with E-state index in [2.05, 4.69) is 36.1 Å². The average molecular weight is 285 g/mol. The van der Waals surface area contributed by atoms with Crippen LogP contribution >= 0.6 is 0 Å². The highest BCUT2D eigenvalue weighted by Crippen LogP contribution is 2.18. The molecule has 1 aliphatic heterocycles. The number of hydrogen-bond donors (Lipinski definition) is 1. The van der Waals surface area contributed by atoms with Crippen molar-refractivity contribution in [3.8, 4) is 0 Å². The van der Waals surface area contributed by atoms with E-state index in [-0.39, 0.29) is 5.97 Å². The fourth-order valence-electron chi connectivity index (χ4n) is 2.71. The Morgan fingerprint density at radius 1 is 1.45 bits per heavy atom. The molecule has 0 saturated carbocycles. The molecule has 118 valence electrons. The van der Waals surface area contributed by atoms with Gasteiger partial charge in [0.2, 0.25) is 0 Å². The first-order valence-electron chi connectivity index (χ1n) is 7.74. The van der Waals surface area contributed by atoms with Crippen molar-refractivity contribution in [3.05, 3.63) is 0 Å². The van der Waals surface area contributed by atoms with Gasteiger partial charge in [-0.2, -0.15) is 0 Å². The summed E-state index contributed by atoms with van der Waals surface area (Å²) >= 11 is 0. The largest absolute Gasteiger partial charge is 0.465 e. The van der Waals surface area contributed by atoms with Crippen molar-refractivity contribution in [2.45, 2.75) is 45.2 Å². The number of nitrogens with zero attached hydrogens (tertiary/aromatic N) is 2. The molecule has 0 aromatic heterocycles. The van der Waals surface area contributed by atoms with Gasteiger partial charge in [-0.15, -0.1) is 0 Å². The predicted molar refractivity (Wildman–Crippen MR) is 81.9 cm³/mol. The van der Waals surface area contributed by atoms with Gasteiger partial charge >= 0.3 is 5.97 Å². The Labute approximate surface area is 123 Å². The van der Waals surface area contributed by atoms with E-state index in [1.807, 2.05) is 13.8 Å². The van der Waals surface area contributed by atoms with Gasteiger partial charge in [-0.3, -0.25) is 9.69 Å². The third-order valence-corrected chi connectivity index (χ3v) is 4.01. The van der Waals surface area contributed by atoms with Crippen LogP contribution < -0.4 is 5.32 Å². The molecule has 0 radical (unpaired) electrons. The molecular formula is C15H31N3O2. The molecule has 1 rings (SSSR count). The van der Waals surface area contributed by atoms with Crippen LogP contribution in [-0.2, 0) is 9.53 Å². The average Bonchev–Trinajstić information content (AvgIpc) is 2.85. The van der Waals surface area contributed by atoms with Crippen molar-refractivity contribution in [1.29, 1.82) is 0 Å². The first-order chi connectivity index (χ1) is 9.42. The molecule has 2 atom stereocenters. The zero-order chi connectivity index (χ0) is 15.2. The number of likely N-dealkylation sites (N-methyl/N-ethyl adjacent to an activating group) is 1. The van der Waals surface area contributed by atoms with Gasteiger partial charge in [0.25, 0.3) is 0 Å². The maximum atomic E-state index is 12.3. The van der Waals surface area contributed by atoms with E-state index in [0.29, 0.717) is 12.6 Å². The topological polar surface area (TPSA) is 44.8 Å². The van der Waals surface area contributed by atoms with Crippen molar-refractivity contribution in [1.82, 2.24) is 15.1 Å². The molecule has 5 nitrogen and oxygen atoms in total. The fraction of sp³-hybridized carbons (Fsp3) is 0.933. The number of hydrogen-bond acceptors (Lipinski definition) is 5. The summed E-state index contributed by atoms with van der Waals surface area (Å²) in [4.78, 5) is 16.9. The van der Waals surface area contributed by atoms with E-state index in [1.165, 1.54) is 6.42 Å². The molecule has 0 amide bonds. The second-order valence-corrected chi connectivity index (χ2v) is 6.12. The third kappa shape index (κ3) is 4.72. The highest BCUT2D eigenvalue weighted by Gasteiger charge is 2.38. The number of likely N-dealkylation sites (tertiary alicyclic amines) is 1. The highest BCUT2D eigenvalue weighted by molar-refractivity contribution is 5.80. The molecule has 0 spiro atoms. The molecule has 0 aromatic carbocycles. The molecular weight excluding hydrogens is 254 g/mol. The van der Waals surface area contributed by atoms with Crippen molar-refractivity contribution in [2.75, 3.05) is 46.9 Å². The first-order valence-corrected chi connectivity index (χ1v) is 7.74. The zero-order valence-corrected chi connectivity index (χ0v) is 13.7. The Bertz CT molecular complexity index is 309. The van der Waals surface area contributed by atoms with Crippen LogP contribution in [0, 0.1) is 0 Å². The molecule has 1 aliphatic rings. The maximum Gasteiger partial charge on any atom is 0.327 e. The minimum Gasteiger partial charge on any atom is -0.465 e. The standard InChI is InChI=1S/C15H31N3O2/c1-6-9-16-15(3,14(19)20-7-2)12-18-10-8-13(11-18)17(4)5/h13,16H,6-12H2,1-5H3. The van der Waals surface area contributed by atoms with Crippen LogP contribution in [-0.4, -0.2) is 74.2 Å². The van der Waals surface area contributed by atoms with E-state index < -0.39 is 5.54 Å². The zero-order valence-electron chi connectivity index (χ0n) is 13.7. The van der Waals surface area contributed by atoms with Crippen molar-refractivity contribution in [2.24, 2.45) is 0 Å². The Morgan fingerprint density at radius 2 is 2.15 bits per heavy atom. The predicted octanol–water partition coefficient (Wildman–Crippen LogP) is 0.944. The summed E-state index contributed by atoms with van der Waals surface area (Å²) in [6.45, 7) is 9.98. The maximum absolute atomic E-state index is 12.3. The first kappa shape index (κ1) is 17.4. The van der Waals surface area contributed by atoms with Crippen LogP contribution in [0.2, 0.25) is 0 Å². The van der Waals surface area contributed by atoms with Gasteiger partial charge in [0.15, 0.2) is 0 Å². The van der Waals surface area contributed by atoms with Crippen molar-refractivity contribution >= 4 is 5.97 Å². The van der Waals surface area contributed by atoms with Crippen LogP contribution in [0.4, 0.5) is 0 Å². The minimum atomic E-state index is -0.604. The van der Waals surface area contributed by atoms with Crippen LogP contribution in [0.15, 0.2) is 0 Å². The lowest BCUT2D eigenvalue weighted by Gasteiger charge is -2.33. The van der Waals surface area contributed by atoms with Gasteiger partial charge in [-0.25, -0.2) is 0 Å². The lowest BCUT2D eigenvalue weighted by molar-refractivity contribution is -0.151. The lowest BCUT2D eigenvalue weighted by Crippen LogP contribution is -2.57. The highest BCUT2D eigenvalue weighted by atomic mass is 16.5.